The molecule has 0 bridgehead atoms. The van der Waals surface area contributed by atoms with Gasteiger partial charge < -0.3 is 19.7 Å². The maximum atomic E-state index is 14.9. The average Bonchev–Trinajstić information content (AvgIpc) is 3.07. The summed E-state index contributed by atoms with van der Waals surface area (Å²) in [6.07, 6.45) is -2.21. The van der Waals surface area contributed by atoms with E-state index in [1.807, 2.05) is 0 Å². The predicted octanol–water partition coefficient (Wildman–Crippen LogP) is 0.715. The second-order valence-corrected chi connectivity index (χ2v) is 5.93. The van der Waals surface area contributed by atoms with Gasteiger partial charge in [-0.25, -0.2) is 9.37 Å². The first-order valence-corrected chi connectivity index (χ1v) is 7.29. The van der Waals surface area contributed by atoms with Crippen LogP contribution in [0.5, 0.6) is 5.88 Å². The van der Waals surface area contributed by atoms with E-state index in [1.54, 1.807) is 0 Å². The summed E-state index contributed by atoms with van der Waals surface area (Å²) in [5.41, 5.74) is -0.684. The highest BCUT2D eigenvalue weighted by Gasteiger charge is 2.54. The van der Waals surface area contributed by atoms with E-state index in [1.165, 1.54) is 24.9 Å². The predicted molar refractivity (Wildman–Crippen MR) is 78.0 cm³/mol. The lowest BCUT2D eigenvalue weighted by atomic mass is 9.82. The molecule has 0 aromatic carbocycles. The Morgan fingerprint density at radius 2 is 2.22 bits per heavy atom. The van der Waals surface area contributed by atoms with Gasteiger partial charge in [0.15, 0.2) is 23.6 Å². The van der Waals surface area contributed by atoms with Crippen LogP contribution in [0, 0.1) is 5.41 Å². The molecule has 10 heteroatoms. The minimum Gasteiger partial charge on any atom is -0.479 e. The zero-order valence-corrected chi connectivity index (χ0v) is 13.2. The van der Waals surface area contributed by atoms with E-state index in [4.69, 9.17) is 21.1 Å². The lowest BCUT2D eigenvalue weighted by molar-refractivity contribution is -0.0524. The molecule has 0 saturated carbocycles. The first kappa shape index (κ1) is 16.3. The minimum absolute atomic E-state index is 0.0758. The molecule has 2 aromatic rings. The molecule has 1 fully saturated rings. The summed E-state index contributed by atoms with van der Waals surface area (Å²) in [5.74, 6) is 0.163. The monoisotopic (exact) mass is 346 g/mol. The fourth-order valence-electron chi connectivity index (χ4n) is 2.74. The summed E-state index contributed by atoms with van der Waals surface area (Å²) in [4.78, 5) is 12.1. The van der Waals surface area contributed by atoms with Crippen molar-refractivity contribution >= 4 is 22.8 Å². The van der Waals surface area contributed by atoms with Crippen molar-refractivity contribution in [3.63, 3.8) is 0 Å². The number of methoxy groups -OCH3 is 1. The topological polar surface area (TPSA) is 103 Å². The molecule has 1 aliphatic heterocycles. The molecule has 3 heterocycles. The third-order valence-corrected chi connectivity index (χ3v) is 4.42. The van der Waals surface area contributed by atoms with E-state index >= 15 is 0 Å². The lowest BCUT2D eigenvalue weighted by Gasteiger charge is -2.27. The van der Waals surface area contributed by atoms with E-state index < -0.39 is 37.1 Å². The maximum absolute atomic E-state index is 14.9. The Hall–Kier alpha value is -1.55. The summed E-state index contributed by atoms with van der Waals surface area (Å²) in [7, 11) is 1.41. The van der Waals surface area contributed by atoms with Gasteiger partial charge in [-0.1, -0.05) is 6.92 Å². The number of hydrogen-bond donors (Lipinski definition) is 2. The Kier molecular flexibility index (Phi) is 4.13. The van der Waals surface area contributed by atoms with Crippen molar-refractivity contribution < 1.29 is 24.1 Å². The third kappa shape index (κ3) is 2.35. The van der Waals surface area contributed by atoms with Gasteiger partial charge in [-0.05, 0) is 11.6 Å². The van der Waals surface area contributed by atoms with E-state index in [0.29, 0.717) is 5.52 Å². The molecule has 3 rings (SSSR count). The normalized spacial score (nSPS) is 31.0. The van der Waals surface area contributed by atoms with Crippen LogP contribution in [0.1, 0.15) is 13.2 Å². The first-order chi connectivity index (χ1) is 11.0. The highest BCUT2D eigenvalue weighted by molar-refractivity contribution is 6.28. The van der Waals surface area contributed by atoms with E-state index in [0.717, 1.165) is 0 Å². The SMILES string of the molecule is COc1nc(Cl)nc2c1ncn2[C@@H]1O[C@H](CO)[C@@](C)(CO)[C@@H]1F. The molecule has 1 aliphatic rings. The van der Waals surface area contributed by atoms with Crippen LogP contribution in [-0.4, -0.2) is 62.3 Å². The fraction of sp³-hybridized carbons (Fsp3) is 0.615. The number of rotatable bonds is 4. The average molecular weight is 347 g/mol. The zero-order chi connectivity index (χ0) is 16.8. The summed E-state index contributed by atoms with van der Waals surface area (Å²) in [5, 5.41) is 18.9. The minimum atomic E-state index is -1.58. The molecule has 2 N–H and O–H groups in total. The van der Waals surface area contributed by atoms with Gasteiger partial charge in [-0.2, -0.15) is 9.97 Å². The van der Waals surface area contributed by atoms with Gasteiger partial charge in [0.2, 0.25) is 11.2 Å². The molecule has 4 atom stereocenters. The van der Waals surface area contributed by atoms with Gasteiger partial charge in [0.1, 0.15) is 0 Å². The quantitative estimate of drug-likeness (QED) is 0.786. The van der Waals surface area contributed by atoms with Crippen LogP contribution in [0.2, 0.25) is 5.28 Å². The van der Waals surface area contributed by atoms with E-state index in [2.05, 4.69) is 15.0 Å². The highest BCUT2D eigenvalue weighted by atomic mass is 35.5. The molecule has 23 heavy (non-hydrogen) atoms. The first-order valence-electron chi connectivity index (χ1n) is 6.91. The number of halogens is 2. The van der Waals surface area contributed by atoms with Gasteiger partial charge in [0.25, 0.3) is 0 Å². The molecular formula is C13H16ClFN4O4. The maximum Gasteiger partial charge on any atom is 0.246 e. The van der Waals surface area contributed by atoms with Crippen LogP contribution in [0.25, 0.3) is 11.2 Å². The van der Waals surface area contributed by atoms with Gasteiger partial charge in [0.05, 0.1) is 38.2 Å². The summed E-state index contributed by atoms with van der Waals surface area (Å²) < 4.78 is 26.9. The number of imidazole rings is 1. The van der Waals surface area contributed by atoms with Crippen molar-refractivity contribution in [3.8, 4) is 5.88 Å². The van der Waals surface area contributed by atoms with Crippen LogP contribution < -0.4 is 4.74 Å². The largest absolute Gasteiger partial charge is 0.479 e. The Labute approximate surface area is 135 Å². The summed E-state index contributed by atoms with van der Waals surface area (Å²) in [6.45, 7) is 0.626. The molecule has 1 saturated heterocycles. The van der Waals surface area contributed by atoms with Gasteiger partial charge in [-0.15, -0.1) is 0 Å². The summed E-state index contributed by atoms with van der Waals surface area (Å²) >= 11 is 5.86. The zero-order valence-electron chi connectivity index (χ0n) is 12.5. The van der Waals surface area contributed by atoms with Crippen LogP contribution in [0.15, 0.2) is 6.33 Å². The third-order valence-electron chi connectivity index (χ3n) is 4.26. The van der Waals surface area contributed by atoms with Crippen molar-refractivity contribution in [2.45, 2.75) is 25.4 Å². The summed E-state index contributed by atoms with van der Waals surface area (Å²) in [6, 6.07) is 0. The smallest absolute Gasteiger partial charge is 0.246 e. The van der Waals surface area contributed by atoms with Crippen LogP contribution in [0.3, 0.4) is 0 Å². The van der Waals surface area contributed by atoms with Crippen molar-refractivity contribution in [3.05, 3.63) is 11.6 Å². The molecule has 2 aromatic heterocycles. The fourth-order valence-corrected chi connectivity index (χ4v) is 2.89. The molecule has 126 valence electrons. The Bertz CT molecular complexity index is 729. The second kappa shape index (κ2) is 5.82. The van der Waals surface area contributed by atoms with Crippen LogP contribution >= 0.6 is 11.6 Å². The Balaban J connectivity index is 2.09. The number of nitrogens with zero attached hydrogens (tertiary/aromatic N) is 4. The molecule has 0 amide bonds. The number of hydrogen-bond acceptors (Lipinski definition) is 7. The molecule has 0 spiro atoms. The van der Waals surface area contributed by atoms with Crippen molar-refractivity contribution in [2.24, 2.45) is 5.41 Å². The number of aliphatic hydroxyl groups excluding tert-OH is 2. The van der Waals surface area contributed by atoms with Gasteiger partial charge in [0, 0.05) is 0 Å². The molecule has 8 nitrogen and oxygen atoms in total. The molecule has 0 radical (unpaired) electrons. The molecule has 0 unspecified atom stereocenters. The van der Waals surface area contributed by atoms with Crippen molar-refractivity contribution in [1.82, 2.24) is 19.5 Å². The van der Waals surface area contributed by atoms with Crippen LogP contribution in [-0.2, 0) is 4.74 Å². The van der Waals surface area contributed by atoms with Gasteiger partial charge in [-0.3, -0.25) is 4.57 Å². The van der Waals surface area contributed by atoms with E-state index in [9.17, 15) is 14.6 Å². The number of fused-ring (bicyclic) bond motifs is 1. The Morgan fingerprint density at radius 1 is 1.48 bits per heavy atom. The van der Waals surface area contributed by atoms with E-state index in [-0.39, 0.29) is 16.8 Å². The van der Waals surface area contributed by atoms with Gasteiger partial charge >= 0.3 is 0 Å². The second-order valence-electron chi connectivity index (χ2n) is 5.59. The lowest BCUT2D eigenvalue weighted by Crippen LogP contribution is -2.40. The highest BCUT2D eigenvalue weighted by Crippen LogP contribution is 2.46. The number of aromatic nitrogens is 4. The van der Waals surface area contributed by atoms with Crippen LogP contribution in [0.4, 0.5) is 4.39 Å². The number of aliphatic hydroxyl groups is 2. The number of alkyl halides is 1. The number of ether oxygens (including phenoxy) is 2. The van der Waals surface area contributed by atoms with Crippen molar-refractivity contribution in [2.75, 3.05) is 20.3 Å². The molecule has 0 aliphatic carbocycles. The van der Waals surface area contributed by atoms with Crippen molar-refractivity contribution in [1.29, 1.82) is 0 Å². The molecular weight excluding hydrogens is 331 g/mol. The standard InChI is InChI=1S/C13H16ClFN4O4/c1-13(4-21)6(3-20)23-11(8(13)15)19-5-16-7-9(19)17-12(14)18-10(7)22-2/h5-6,8,11,20-21H,3-4H2,1-2H3/t6-,8-,11-,13-/m1/s1. The Morgan fingerprint density at radius 3 is 2.78 bits per heavy atom.